The Morgan fingerprint density at radius 1 is 1.55 bits per heavy atom. The molecule has 0 N–H and O–H groups in total. The molecule has 0 fully saturated rings. The number of ether oxygens (including phenoxy) is 1. The summed E-state index contributed by atoms with van der Waals surface area (Å²) < 4.78 is 12.7. The summed E-state index contributed by atoms with van der Waals surface area (Å²) in [7, 11) is 1.97. The normalized spacial score (nSPS) is 17.6. The Morgan fingerprint density at radius 3 is 3.05 bits per heavy atom. The largest absolute Gasteiger partial charge is 0.380 e. The number of nitrogens with zero attached hydrogens (tertiary/aromatic N) is 4. The highest BCUT2D eigenvalue weighted by Crippen LogP contribution is 2.24. The molecule has 3 rings (SSSR count). The van der Waals surface area contributed by atoms with Gasteiger partial charge in [0.2, 0.25) is 5.76 Å². The zero-order chi connectivity index (χ0) is 15.7. The molecule has 0 aromatic carbocycles. The zero-order valence-corrected chi connectivity index (χ0v) is 13.1. The lowest BCUT2D eigenvalue weighted by Gasteiger charge is -2.34. The number of aromatic nitrogens is 3. The molecule has 7 nitrogen and oxygen atoms in total. The van der Waals surface area contributed by atoms with Gasteiger partial charge in [-0.25, -0.2) is 4.98 Å². The van der Waals surface area contributed by atoms with Crippen LogP contribution in [0.1, 0.15) is 34.6 Å². The van der Waals surface area contributed by atoms with E-state index in [1.807, 2.05) is 18.5 Å². The predicted octanol–water partition coefficient (Wildman–Crippen LogP) is 1.32. The fraction of sp³-hybridized carbons (Fsp3) is 0.533. The second-order valence-electron chi connectivity index (χ2n) is 5.53. The number of carbonyl (C=O) groups excluding carboxylic acids is 1. The van der Waals surface area contributed by atoms with Crippen LogP contribution in [-0.2, 0) is 24.8 Å². The van der Waals surface area contributed by atoms with E-state index in [2.05, 4.69) is 10.1 Å². The summed E-state index contributed by atoms with van der Waals surface area (Å²) in [4.78, 5) is 18.9. The fourth-order valence-electron chi connectivity index (χ4n) is 2.77. The summed E-state index contributed by atoms with van der Waals surface area (Å²) in [6, 6.07) is 1.63. The number of imidazole rings is 1. The lowest BCUT2D eigenvalue weighted by molar-refractivity contribution is 0.0356. The smallest absolute Gasteiger partial charge is 0.293 e. The second-order valence-corrected chi connectivity index (χ2v) is 5.53. The maximum absolute atomic E-state index is 12.7. The van der Waals surface area contributed by atoms with Crippen LogP contribution in [-0.4, -0.2) is 44.8 Å². The molecule has 22 heavy (non-hydrogen) atoms. The molecule has 7 heteroatoms. The van der Waals surface area contributed by atoms with Crippen molar-refractivity contribution in [2.24, 2.45) is 7.05 Å². The van der Waals surface area contributed by atoms with E-state index in [-0.39, 0.29) is 17.7 Å². The number of hydrogen-bond acceptors (Lipinski definition) is 5. The van der Waals surface area contributed by atoms with Gasteiger partial charge in [0.1, 0.15) is 0 Å². The average molecular weight is 304 g/mol. The molecule has 1 atom stereocenters. The molecule has 0 saturated heterocycles. The molecule has 0 saturated carbocycles. The van der Waals surface area contributed by atoms with Gasteiger partial charge in [-0.2, -0.15) is 0 Å². The maximum atomic E-state index is 12.7. The molecule has 1 aliphatic heterocycles. The molecular formula is C15H20N4O3. The van der Waals surface area contributed by atoms with E-state index in [9.17, 15) is 4.79 Å². The minimum atomic E-state index is -0.165. The number of rotatable bonds is 4. The van der Waals surface area contributed by atoms with Crippen LogP contribution in [0.3, 0.4) is 0 Å². The van der Waals surface area contributed by atoms with Gasteiger partial charge in [0.25, 0.3) is 5.91 Å². The van der Waals surface area contributed by atoms with Gasteiger partial charge in [0.05, 0.1) is 36.9 Å². The van der Waals surface area contributed by atoms with Crippen LogP contribution in [0.4, 0.5) is 0 Å². The lowest BCUT2D eigenvalue weighted by Crippen LogP contribution is -2.47. The van der Waals surface area contributed by atoms with Crippen LogP contribution in [0.5, 0.6) is 0 Å². The van der Waals surface area contributed by atoms with Gasteiger partial charge in [0.15, 0.2) is 0 Å². The van der Waals surface area contributed by atoms with Gasteiger partial charge in [0, 0.05) is 31.8 Å². The Morgan fingerprint density at radius 2 is 2.36 bits per heavy atom. The Kier molecular flexibility index (Phi) is 3.98. The Hall–Kier alpha value is -2.15. The summed E-state index contributed by atoms with van der Waals surface area (Å²) in [6.07, 6.45) is 2.51. The monoisotopic (exact) mass is 304 g/mol. The van der Waals surface area contributed by atoms with Crippen molar-refractivity contribution in [2.45, 2.75) is 32.9 Å². The van der Waals surface area contributed by atoms with E-state index in [4.69, 9.17) is 9.26 Å². The first-order valence-electron chi connectivity index (χ1n) is 7.41. The molecule has 1 aliphatic rings. The molecule has 0 aliphatic carbocycles. The molecule has 2 aromatic rings. The minimum Gasteiger partial charge on any atom is -0.380 e. The Bertz CT molecular complexity index is 676. The molecular weight excluding hydrogens is 284 g/mol. The van der Waals surface area contributed by atoms with Crippen LogP contribution in [0.15, 0.2) is 16.9 Å². The molecule has 0 bridgehead atoms. The van der Waals surface area contributed by atoms with Gasteiger partial charge in [-0.15, -0.1) is 0 Å². The molecule has 0 spiro atoms. The summed E-state index contributed by atoms with van der Waals surface area (Å²) in [5.74, 6) is 0.0972. The molecule has 0 radical (unpaired) electrons. The van der Waals surface area contributed by atoms with Crippen LogP contribution in [0.25, 0.3) is 0 Å². The van der Waals surface area contributed by atoms with Gasteiger partial charge in [-0.05, 0) is 13.8 Å². The van der Waals surface area contributed by atoms with Crippen molar-refractivity contribution in [2.75, 3.05) is 13.2 Å². The zero-order valence-electron chi connectivity index (χ0n) is 13.1. The quantitative estimate of drug-likeness (QED) is 0.851. The van der Waals surface area contributed by atoms with Gasteiger partial charge in [-0.3, -0.25) is 4.79 Å². The van der Waals surface area contributed by atoms with Crippen molar-refractivity contribution in [3.63, 3.8) is 0 Å². The third-order valence-corrected chi connectivity index (χ3v) is 3.95. The van der Waals surface area contributed by atoms with Crippen molar-refractivity contribution in [3.05, 3.63) is 35.2 Å². The van der Waals surface area contributed by atoms with E-state index >= 15 is 0 Å². The Labute approximate surface area is 128 Å². The molecule has 118 valence electrons. The SMILES string of the molecule is CCOC[C@H]1Cc2c(ncn2C)CN1C(=O)c1cc(C)no1. The molecule has 2 aromatic heterocycles. The molecule has 1 amide bonds. The first-order chi connectivity index (χ1) is 10.6. The summed E-state index contributed by atoms with van der Waals surface area (Å²) in [5, 5.41) is 3.79. The van der Waals surface area contributed by atoms with Crippen LogP contribution < -0.4 is 0 Å². The topological polar surface area (TPSA) is 73.4 Å². The first-order valence-corrected chi connectivity index (χ1v) is 7.41. The molecule has 3 heterocycles. The number of carbonyl (C=O) groups is 1. The van der Waals surface area contributed by atoms with E-state index in [0.717, 1.165) is 17.8 Å². The highest BCUT2D eigenvalue weighted by Gasteiger charge is 2.34. The van der Waals surface area contributed by atoms with E-state index in [1.165, 1.54) is 0 Å². The number of hydrogen-bond donors (Lipinski definition) is 0. The van der Waals surface area contributed by atoms with Crippen molar-refractivity contribution in [3.8, 4) is 0 Å². The highest BCUT2D eigenvalue weighted by atomic mass is 16.5. The standard InChI is InChI=1S/C15H20N4O3/c1-4-21-8-11-6-13-12(16-9-18(13)3)7-19(11)15(20)14-5-10(2)17-22-14/h5,9,11H,4,6-8H2,1-3H3/t11-/m1/s1. The summed E-state index contributed by atoms with van der Waals surface area (Å²) in [5.41, 5.74) is 2.78. The fourth-order valence-corrected chi connectivity index (χ4v) is 2.77. The van der Waals surface area contributed by atoms with Crippen LogP contribution in [0.2, 0.25) is 0 Å². The first kappa shape index (κ1) is 14.8. The second kappa shape index (κ2) is 5.92. The maximum Gasteiger partial charge on any atom is 0.293 e. The number of amides is 1. The predicted molar refractivity (Wildman–Crippen MR) is 78.3 cm³/mol. The van der Waals surface area contributed by atoms with Gasteiger partial charge in [-0.1, -0.05) is 5.16 Å². The van der Waals surface area contributed by atoms with Crippen LogP contribution >= 0.6 is 0 Å². The Balaban J connectivity index is 1.87. The third kappa shape index (κ3) is 2.64. The number of aryl methyl sites for hydroxylation is 2. The van der Waals surface area contributed by atoms with Gasteiger partial charge < -0.3 is 18.7 Å². The minimum absolute atomic E-state index is 0.0271. The van der Waals surface area contributed by atoms with Crippen molar-refractivity contribution < 1.29 is 14.1 Å². The average Bonchev–Trinajstić information content (AvgIpc) is 3.10. The van der Waals surface area contributed by atoms with Crippen molar-refractivity contribution >= 4 is 5.91 Å². The lowest BCUT2D eigenvalue weighted by atomic mass is 10.0. The van der Waals surface area contributed by atoms with Crippen LogP contribution in [0, 0.1) is 6.92 Å². The summed E-state index contributed by atoms with van der Waals surface area (Å²) in [6.45, 7) is 5.33. The third-order valence-electron chi connectivity index (χ3n) is 3.95. The number of fused-ring (bicyclic) bond motifs is 1. The van der Waals surface area contributed by atoms with Crippen molar-refractivity contribution in [1.29, 1.82) is 0 Å². The molecule has 0 unspecified atom stereocenters. The summed E-state index contributed by atoms with van der Waals surface area (Å²) >= 11 is 0. The van der Waals surface area contributed by atoms with E-state index in [0.29, 0.717) is 25.5 Å². The van der Waals surface area contributed by atoms with Crippen molar-refractivity contribution in [1.82, 2.24) is 19.6 Å². The van der Waals surface area contributed by atoms with E-state index < -0.39 is 0 Å². The highest BCUT2D eigenvalue weighted by molar-refractivity contribution is 5.91. The van der Waals surface area contributed by atoms with E-state index in [1.54, 1.807) is 24.2 Å². The van der Waals surface area contributed by atoms with Gasteiger partial charge >= 0.3 is 0 Å².